The summed E-state index contributed by atoms with van der Waals surface area (Å²) in [6.45, 7) is -0.480. The zero-order valence-electron chi connectivity index (χ0n) is 6.82. The number of halogens is 2. The molecule has 1 N–H and O–H groups in total. The van der Waals surface area contributed by atoms with Gasteiger partial charge in [0.15, 0.2) is 0 Å². The summed E-state index contributed by atoms with van der Waals surface area (Å²) in [6, 6.07) is 0.0665. The summed E-state index contributed by atoms with van der Waals surface area (Å²) in [4.78, 5) is 0. The number of aromatic nitrogens is 3. The quantitative estimate of drug-likeness (QED) is 0.772. The van der Waals surface area contributed by atoms with Crippen molar-refractivity contribution in [2.75, 3.05) is 0 Å². The Labute approximate surface area is 73.2 Å². The van der Waals surface area contributed by atoms with E-state index < -0.39 is 13.0 Å². The van der Waals surface area contributed by atoms with E-state index in [0.29, 0.717) is 0 Å². The molecule has 2 rings (SSSR count). The van der Waals surface area contributed by atoms with E-state index in [1.54, 1.807) is 0 Å². The van der Waals surface area contributed by atoms with Crippen LogP contribution in [-0.4, -0.2) is 20.1 Å². The number of aliphatic hydroxyl groups is 1. The van der Waals surface area contributed by atoms with Crippen LogP contribution in [0.4, 0.5) is 8.78 Å². The maximum atomic E-state index is 12.5. The second kappa shape index (κ2) is 3.02. The summed E-state index contributed by atoms with van der Waals surface area (Å²) in [5.74, 6) is 0. The first kappa shape index (κ1) is 8.55. The van der Waals surface area contributed by atoms with Crippen LogP contribution in [0, 0.1) is 0 Å². The highest BCUT2D eigenvalue weighted by Crippen LogP contribution is 2.37. The Balaban J connectivity index is 2.38. The van der Waals surface area contributed by atoms with Crippen molar-refractivity contribution < 1.29 is 13.9 Å². The van der Waals surface area contributed by atoms with Gasteiger partial charge in [-0.25, -0.2) is 13.5 Å². The molecule has 0 saturated heterocycles. The molecule has 0 atom stereocenters. The molecule has 4 nitrogen and oxygen atoms in total. The van der Waals surface area contributed by atoms with Gasteiger partial charge in [0, 0.05) is 0 Å². The lowest BCUT2D eigenvalue weighted by molar-refractivity contribution is 0.135. The van der Waals surface area contributed by atoms with Gasteiger partial charge in [0.25, 0.3) is 6.43 Å². The summed E-state index contributed by atoms with van der Waals surface area (Å²) in [7, 11) is 0. The third-order valence-corrected chi connectivity index (χ3v) is 2.05. The third kappa shape index (κ3) is 1.41. The molecule has 13 heavy (non-hydrogen) atoms. The van der Waals surface area contributed by atoms with Crippen molar-refractivity contribution in [2.24, 2.45) is 0 Å². The predicted molar refractivity (Wildman–Crippen MR) is 39.2 cm³/mol. The minimum absolute atomic E-state index is 0.0121. The van der Waals surface area contributed by atoms with Gasteiger partial charge in [-0.05, 0) is 12.8 Å². The van der Waals surface area contributed by atoms with Gasteiger partial charge in [0.05, 0.1) is 12.6 Å². The normalized spacial score (nSPS) is 16.9. The first-order valence-electron chi connectivity index (χ1n) is 4.07. The molecule has 1 saturated carbocycles. The van der Waals surface area contributed by atoms with E-state index in [2.05, 4.69) is 10.3 Å². The minimum Gasteiger partial charge on any atom is -0.390 e. The third-order valence-electron chi connectivity index (χ3n) is 2.05. The van der Waals surface area contributed by atoms with E-state index in [1.165, 1.54) is 4.68 Å². The molecule has 6 heteroatoms. The fourth-order valence-corrected chi connectivity index (χ4v) is 1.26. The molecular formula is C7H9F2N3O. The molecule has 0 bridgehead atoms. The molecule has 1 fully saturated rings. The lowest BCUT2D eigenvalue weighted by atomic mass is 10.3. The molecule has 0 unspecified atom stereocenters. The van der Waals surface area contributed by atoms with Gasteiger partial charge in [0.1, 0.15) is 11.4 Å². The molecule has 0 radical (unpaired) electrons. The van der Waals surface area contributed by atoms with Gasteiger partial charge in [-0.15, -0.1) is 5.10 Å². The highest BCUT2D eigenvalue weighted by atomic mass is 19.3. The SMILES string of the molecule is OCc1nnn(C2CC2)c1C(F)F. The smallest absolute Gasteiger partial charge is 0.282 e. The Bertz CT molecular complexity index is 309. The van der Waals surface area contributed by atoms with Crippen LogP contribution in [0.1, 0.15) is 36.7 Å². The van der Waals surface area contributed by atoms with Crippen LogP contribution in [0.25, 0.3) is 0 Å². The number of hydrogen-bond donors (Lipinski definition) is 1. The summed E-state index contributed by atoms with van der Waals surface area (Å²) < 4.78 is 26.2. The van der Waals surface area contributed by atoms with Crippen molar-refractivity contribution in [1.82, 2.24) is 15.0 Å². The van der Waals surface area contributed by atoms with Crippen LogP contribution in [-0.2, 0) is 6.61 Å². The Morgan fingerprint density at radius 1 is 1.54 bits per heavy atom. The van der Waals surface area contributed by atoms with E-state index in [0.717, 1.165) is 12.8 Å². The number of hydrogen-bond acceptors (Lipinski definition) is 3. The highest BCUT2D eigenvalue weighted by molar-refractivity contribution is 5.12. The summed E-state index contributed by atoms with van der Waals surface area (Å²) in [5.41, 5.74) is -0.244. The first-order valence-corrected chi connectivity index (χ1v) is 4.07. The van der Waals surface area contributed by atoms with E-state index in [9.17, 15) is 8.78 Å². The molecule has 1 aromatic heterocycles. The Morgan fingerprint density at radius 3 is 2.69 bits per heavy atom. The second-order valence-electron chi connectivity index (χ2n) is 3.06. The van der Waals surface area contributed by atoms with Crippen molar-refractivity contribution in [1.29, 1.82) is 0 Å². The highest BCUT2D eigenvalue weighted by Gasteiger charge is 2.31. The Morgan fingerprint density at radius 2 is 2.23 bits per heavy atom. The van der Waals surface area contributed by atoms with Gasteiger partial charge in [-0.2, -0.15) is 0 Å². The van der Waals surface area contributed by atoms with E-state index >= 15 is 0 Å². The van der Waals surface area contributed by atoms with Crippen molar-refractivity contribution in [3.8, 4) is 0 Å². The van der Waals surface area contributed by atoms with Crippen molar-refractivity contribution >= 4 is 0 Å². The van der Waals surface area contributed by atoms with Crippen LogP contribution in [0.15, 0.2) is 0 Å². The maximum Gasteiger partial charge on any atom is 0.282 e. The largest absolute Gasteiger partial charge is 0.390 e. The monoisotopic (exact) mass is 189 g/mol. The van der Waals surface area contributed by atoms with Crippen LogP contribution in [0.2, 0.25) is 0 Å². The molecule has 1 heterocycles. The van der Waals surface area contributed by atoms with Crippen LogP contribution < -0.4 is 0 Å². The van der Waals surface area contributed by atoms with Gasteiger partial charge in [-0.3, -0.25) is 0 Å². The van der Waals surface area contributed by atoms with Crippen molar-refractivity contribution in [3.63, 3.8) is 0 Å². The fourth-order valence-electron chi connectivity index (χ4n) is 1.26. The molecule has 72 valence electrons. The molecule has 0 spiro atoms. The minimum atomic E-state index is -2.61. The standard InChI is InChI=1S/C7H9F2N3O/c8-7(9)6-5(3-13)10-11-12(6)4-1-2-4/h4,7,13H,1-3H2. The van der Waals surface area contributed by atoms with Gasteiger partial charge in [-0.1, -0.05) is 5.21 Å². The second-order valence-corrected chi connectivity index (χ2v) is 3.06. The van der Waals surface area contributed by atoms with Gasteiger partial charge < -0.3 is 5.11 Å². The molecular weight excluding hydrogens is 180 g/mol. The van der Waals surface area contributed by atoms with Crippen LogP contribution >= 0.6 is 0 Å². The molecule has 1 aliphatic carbocycles. The predicted octanol–water partition coefficient (Wildman–Crippen LogP) is 1.04. The zero-order chi connectivity index (χ0) is 9.42. The number of alkyl halides is 2. The number of nitrogens with zero attached hydrogens (tertiary/aromatic N) is 3. The van der Waals surface area contributed by atoms with Crippen LogP contribution in [0.5, 0.6) is 0 Å². The average Bonchev–Trinajstić information content (AvgIpc) is 2.84. The maximum absolute atomic E-state index is 12.5. The summed E-state index contributed by atoms with van der Waals surface area (Å²) >= 11 is 0. The molecule has 0 amide bonds. The first-order chi connectivity index (χ1) is 6.24. The van der Waals surface area contributed by atoms with Gasteiger partial charge >= 0.3 is 0 Å². The molecule has 0 aromatic carbocycles. The fraction of sp³-hybridized carbons (Fsp3) is 0.714. The molecule has 1 aliphatic rings. The molecule has 0 aliphatic heterocycles. The van der Waals surface area contributed by atoms with Crippen LogP contribution in [0.3, 0.4) is 0 Å². The van der Waals surface area contributed by atoms with E-state index in [-0.39, 0.29) is 17.4 Å². The number of rotatable bonds is 3. The van der Waals surface area contributed by atoms with Gasteiger partial charge in [0.2, 0.25) is 0 Å². The summed E-state index contributed by atoms with van der Waals surface area (Å²) in [5, 5.41) is 15.8. The lowest BCUT2D eigenvalue weighted by Gasteiger charge is -2.03. The number of aliphatic hydroxyl groups excluding tert-OH is 1. The average molecular weight is 189 g/mol. The Hall–Kier alpha value is -1.04. The zero-order valence-corrected chi connectivity index (χ0v) is 6.82. The van der Waals surface area contributed by atoms with E-state index in [4.69, 9.17) is 5.11 Å². The molecule has 1 aromatic rings. The van der Waals surface area contributed by atoms with Crippen molar-refractivity contribution in [3.05, 3.63) is 11.4 Å². The lowest BCUT2D eigenvalue weighted by Crippen LogP contribution is -2.04. The van der Waals surface area contributed by atoms with Crippen molar-refractivity contribution in [2.45, 2.75) is 31.9 Å². The van der Waals surface area contributed by atoms with E-state index in [1.807, 2.05) is 0 Å². The Kier molecular flexibility index (Phi) is 1.99. The summed E-state index contributed by atoms with van der Waals surface area (Å²) in [6.07, 6.45) is -0.875. The topological polar surface area (TPSA) is 50.9 Å².